The smallest absolute Gasteiger partial charge is 0.338 e. The van der Waals surface area contributed by atoms with E-state index in [-0.39, 0.29) is 23.7 Å². The Kier molecular flexibility index (Phi) is 7.02. The minimum Gasteiger partial charge on any atom is -0.493 e. The molecule has 10 heteroatoms. The Bertz CT molecular complexity index is 1130. The molecule has 30 heavy (non-hydrogen) atoms. The highest BCUT2D eigenvalue weighted by Crippen LogP contribution is 2.38. The monoisotopic (exact) mass is 512 g/mol. The molecule has 0 spiro atoms. The van der Waals surface area contributed by atoms with Crippen LogP contribution < -0.4 is 9.47 Å². The highest BCUT2D eigenvalue weighted by atomic mass is 79.9. The SMILES string of the molecule is COc1cc(/C=C\c2onc(C)c2[N+](=O)[O-])cc(Br)c1OCc1ccc(Cl)cc1Cl. The fraction of sp³-hybridized carbons (Fsp3) is 0.150. The second-order valence-corrected chi connectivity index (χ2v) is 7.83. The van der Waals surface area contributed by atoms with Gasteiger partial charge in [0.25, 0.3) is 0 Å². The zero-order valence-electron chi connectivity index (χ0n) is 15.8. The zero-order chi connectivity index (χ0) is 21.8. The summed E-state index contributed by atoms with van der Waals surface area (Å²) in [5.41, 5.74) is 1.52. The van der Waals surface area contributed by atoms with Crippen LogP contribution in [-0.2, 0) is 6.61 Å². The first-order valence-corrected chi connectivity index (χ1v) is 10.1. The topological polar surface area (TPSA) is 87.6 Å². The van der Waals surface area contributed by atoms with Crippen LogP contribution in [0.5, 0.6) is 11.5 Å². The van der Waals surface area contributed by atoms with Crippen molar-refractivity contribution in [1.82, 2.24) is 5.16 Å². The lowest BCUT2D eigenvalue weighted by molar-refractivity contribution is -0.386. The van der Waals surface area contributed by atoms with Crippen molar-refractivity contribution in [3.8, 4) is 11.5 Å². The summed E-state index contributed by atoms with van der Waals surface area (Å²) in [7, 11) is 1.52. The van der Waals surface area contributed by atoms with Crippen molar-refractivity contribution in [3.63, 3.8) is 0 Å². The van der Waals surface area contributed by atoms with Crippen LogP contribution in [0, 0.1) is 17.0 Å². The summed E-state index contributed by atoms with van der Waals surface area (Å²) in [5, 5.41) is 15.8. The highest BCUT2D eigenvalue weighted by molar-refractivity contribution is 9.10. The number of halogens is 3. The van der Waals surface area contributed by atoms with Gasteiger partial charge in [0.05, 0.1) is 16.5 Å². The minimum absolute atomic E-state index is 0.0605. The van der Waals surface area contributed by atoms with Gasteiger partial charge in [-0.3, -0.25) is 10.1 Å². The van der Waals surface area contributed by atoms with Crippen LogP contribution in [-0.4, -0.2) is 17.2 Å². The average Bonchev–Trinajstić information content (AvgIpc) is 3.07. The summed E-state index contributed by atoms with van der Waals surface area (Å²) in [6, 6.07) is 8.68. The number of nitro groups is 1. The van der Waals surface area contributed by atoms with Crippen LogP contribution >= 0.6 is 39.1 Å². The summed E-state index contributed by atoms with van der Waals surface area (Å²) < 4.78 is 17.0. The quantitative estimate of drug-likeness (QED) is 0.257. The summed E-state index contributed by atoms with van der Waals surface area (Å²) >= 11 is 15.6. The fourth-order valence-electron chi connectivity index (χ4n) is 2.65. The third-order valence-corrected chi connectivity index (χ3v) is 5.28. The Morgan fingerprint density at radius 2 is 2.03 bits per heavy atom. The van der Waals surface area contributed by atoms with E-state index in [1.165, 1.54) is 20.1 Å². The normalized spacial score (nSPS) is 11.1. The maximum atomic E-state index is 11.2. The molecule has 3 rings (SSSR count). The van der Waals surface area contributed by atoms with Crippen LogP contribution in [0.4, 0.5) is 5.69 Å². The molecule has 2 aromatic carbocycles. The molecule has 3 aromatic rings. The Morgan fingerprint density at radius 3 is 2.70 bits per heavy atom. The Balaban J connectivity index is 1.84. The van der Waals surface area contributed by atoms with Crippen molar-refractivity contribution in [2.45, 2.75) is 13.5 Å². The first-order valence-electron chi connectivity index (χ1n) is 8.53. The molecule has 0 saturated carbocycles. The summed E-state index contributed by atoms with van der Waals surface area (Å²) in [5.74, 6) is 1.02. The van der Waals surface area contributed by atoms with Gasteiger partial charge in [-0.05, 0) is 58.8 Å². The minimum atomic E-state index is -0.527. The predicted octanol–water partition coefficient (Wildman–Crippen LogP) is 6.72. The largest absolute Gasteiger partial charge is 0.493 e. The third-order valence-electron chi connectivity index (χ3n) is 4.11. The highest BCUT2D eigenvalue weighted by Gasteiger charge is 2.22. The molecule has 156 valence electrons. The molecule has 0 aliphatic heterocycles. The summed E-state index contributed by atoms with van der Waals surface area (Å²) in [4.78, 5) is 10.6. The van der Waals surface area contributed by atoms with Gasteiger partial charge >= 0.3 is 5.69 Å². The zero-order valence-corrected chi connectivity index (χ0v) is 18.9. The van der Waals surface area contributed by atoms with Crippen LogP contribution in [0.3, 0.4) is 0 Å². The Labute approximate surface area is 190 Å². The molecule has 0 saturated heterocycles. The molecule has 7 nitrogen and oxygen atoms in total. The number of aryl methyl sites for hydroxylation is 1. The average molecular weight is 514 g/mol. The van der Waals surface area contributed by atoms with Gasteiger partial charge in [0.1, 0.15) is 6.61 Å². The van der Waals surface area contributed by atoms with E-state index in [2.05, 4.69) is 21.1 Å². The number of methoxy groups -OCH3 is 1. The van der Waals surface area contributed by atoms with Crippen molar-refractivity contribution in [3.05, 3.63) is 77.5 Å². The number of aromatic nitrogens is 1. The van der Waals surface area contributed by atoms with Gasteiger partial charge in [-0.2, -0.15) is 0 Å². The molecular formula is C20H15BrCl2N2O5. The van der Waals surface area contributed by atoms with Gasteiger partial charge in [0.15, 0.2) is 17.2 Å². The molecule has 0 bridgehead atoms. The molecule has 1 aromatic heterocycles. The fourth-order valence-corrected chi connectivity index (χ4v) is 3.69. The molecule has 0 aliphatic carbocycles. The standard InChI is InChI=1S/C20H15BrCl2N2O5/c1-11-19(25(26)27)17(30-24-11)6-3-12-7-15(21)20(18(8-12)28-2)29-10-13-4-5-14(22)9-16(13)23/h3-9H,10H2,1-2H3/b6-3-. The molecule has 1 heterocycles. The lowest BCUT2D eigenvalue weighted by atomic mass is 10.1. The first kappa shape index (κ1) is 22.1. The number of nitrogens with zero attached hydrogens (tertiary/aromatic N) is 2. The molecule has 0 atom stereocenters. The third kappa shape index (κ3) is 4.95. The van der Waals surface area contributed by atoms with Gasteiger partial charge in [-0.15, -0.1) is 0 Å². The number of rotatable bonds is 7. The van der Waals surface area contributed by atoms with Gasteiger partial charge < -0.3 is 14.0 Å². The molecule has 0 radical (unpaired) electrons. The van der Waals surface area contributed by atoms with Gasteiger partial charge in [0, 0.05) is 15.6 Å². The maximum absolute atomic E-state index is 11.2. The van der Waals surface area contributed by atoms with E-state index in [1.807, 2.05) is 0 Å². The summed E-state index contributed by atoms with van der Waals surface area (Å²) in [6.45, 7) is 1.72. The van der Waals surface area contributed by atoms with E-state index in [0.29, 0.717) is 31.6 Å². The van der Waals surface area contributed by atoms with Crippen LogP contribution in [0.1, 0.15) is 22.6 Å². The predicted molar refractivity (Wildman–Crippen MR) is 118 cm³/mol. The number of hydrogen-bond acceptors (Lipinski definition) is 6. The molecule has 0 aliphatic rings. The molecule has 0 unspecified atom stereocenters. The molecule has 0 amide bonds. The maximum Gasteiger partial charge on any atom is 0.338 e. The van der Waals surface area contributed by atoms with Gasteiger partial charge in [-0.25, -0.2) is 0 Å². The second-order valence-electron chi connectivity index (χ2n) is 6.13. The lowest BCUT2D eigenvalue weighted by Crippen LogP contribution is -1.99. The van der Waals surface area contributed by atoms with E-state index >= 15 is 0 Å². The van der Waals surface area contributed by atoms with E-state index in [4.69, 9.17) is 37.2 Å². The number of ether oxygens (including phenoxy) is 2. The van der Waals surface area contributed by atoms with Crippen LogP contribution in [0.2, 0.25) is 10.0 Å². The number of benzene rings is 2. The lowest BCUT2D eigenvalue weighted by Gasteiger charge is -2.14. The summed E-state index contributed by atoms with van der Waals surface area (Å²) in [6.07, 6.45) is 3.13. The van der Waals surface area contributed by atoms with E-state index in [9.17, 15) is 10.1 Å². The van der Waals surface area contributed by atoms with Crippen molar-refractivity contribution >= 4 is 57.0 Å². The van der Waals surface area contributed by atoms with E-state index < -0.39 is 4.92 Å². The van der Waals surface area contributed by atoms with Crippen LogP contribution in [0.15, 0.2) is 39.3 Å². The van der Waals surface area contributed by atoms with Crippen molar-refractivity contribution in [1.29, 1.82) is 0 Å². The Hall–Kier alpha value is -2.55. The number of hydrogen-bond donors (Lipinski definition) is 0. The van der Waals surface area contributed by atoms with Crippen molar-refractivity contribution < 1.29 is 18.9 Å². The van der Waals surface area contributed by atoms with Gasteiger partial charge in [0.2, 0.25) is 5.76 Å². The van der Waals surface area contributed by atoms with Crippen molar-refractivity contribution in [2.75, 3.05) is 7.11 Å². The van der Waals surface area contributed by atoms with Gasteiger partial charge in [-0.1, -0.05) is 40.5 Å². The molecule has 0 N–H and O–H groups in total. The second kappa shape index (κ2) is 9.51. The van der Waals surface area contributed by atoms with E-state index in [1.54, 1.807) is 36.4 Å². The van der Waals surface area contributed by atoms with Crippen LogP contribution in [0.25, 0.3) is 12.2 Å². The Morgan fingerprint density at radius 1 is 1.27 bits per heavy atom. The molecular weight excluding hydrogens is 499 g/mol. The van der Waals surface area contributed by atoms with Crippen molar-refractivity contribution in [2.24, 2.45) is 0 Å². The molecule has 0 fully saturated rings. The first-order chi connectivity index (χ1) is 14.3. The van der Waals surface area contributed by atoms with E-state index in [0.717, 1.165) is 5.56 Å².